The van der Waals surface area contributed by atoms with Crippen molar-refractivity contribution < 1.29 is 9.53 Å². The van der Waals surface area contributed by atoms with Crippen LogP contribution in [-0.2, 0) is 9.53 Å². The van der Waals surface area contributed by atoms with Crippen LogP contribution < -0.4 is 5.32 Å². The van der Waals surface area contributed by atoms with Crippen molar-refractivity contribution in [2.45, 2.75) is 58.1 Å². The van der Waals surface area contributed by atoms with Gasteiger partial charge in [0, 0.05) is 24.0 Å². The highest BCUT2D eigenvalue weighted by atomic mass is 16.6. The molecule has 3 heterocycles. The fraction of sp³-hybridized carbons (Fsp3) is 0.455. The monoisotopic (exact) mass is 393 g/mol. The lowest BCUT2D eigenvalue weighted by atomic mass is 9.86. The molecule has 29 heavy (non-hydrogen) atoms. The van der Waals surface area contributed by atoms with Gasteiger partial charge < -0.3 is 10.1 Å². The standard InChI is InChI=1S/C22H27N5O2/c1-22(2,3)29-21(28)16-4-6-17(7-5-16)25-19-8-9-20-24-14-18(27(20)26-19)15-10-12-23-13-11-15/h8-14,16-17H,4-7H2,1-3H3,(H,25,26)/t16-,17-. The van der Waals surface area contributed by atoms with Crippen molar-refractivity contribution in [2.24, 2.45) is 5.92 Å². The molecule has 0 aliphatic heterocycles. The average Bonchev–Trinajstić information content (AvgIpc) is 3.11. The normalized spacial score (nSPS) is 19.8. The minimum atomic E-state index is -0.428. The number of nitrogens with one attached hydrogen (secondary N) is 1. The van der Waals surface area contributed by atoms with E-state index in [0.717, 1.165) is 48.4 Å². The minimum Gasteiger partial charge on any atom is -0.460 e. The van der Waals surface area contributed by atoms with E-state index in [4.69, 9.17) is 9.84 Å². The molecule has 0 radical (unpaired) electrons. The lowest BCUT2D eigenvalue weighted by molar-refractivity contribution is -0.161. The third kappa shape index (κ3) is 4.55. The maximum Gasteiger partial charge on any atom is 0.309 e. The molecule has 3 aromatic heterocycles. The zero-order valence-corrected chi connectivity index (χ0v) is 17.1. The number of carbonyl (C=O) groups excluding carboxylic acids is 1. The first-order valence-corrected chi connectivity index (χ1v) is 10.1. The fourth-order valence-corrected chi connectivity index (χ4v) is 3.74. The number of anilines is 1. The van der Waals surface area contributed by atoms with Crippen LogP contribution in [0.2, 0.25) is 0 Å². The third-order valence-corrected chi connectivity index (χ3v) is 5.16. The summed E-state index contributed by atoms with van der Waals surface area (Å²) >= 11 is 0. The topological polar surface area (TPSA) is 81.4 Å². The fourth-order valence-electron chi connectivity index (χ4n) is 3.74. The molecular weight excluding hydrogens is 366 g/mol. The smallest absolute Gasteiger partial charge is 0.309 e. The zero-order chi connectivity index (χ0) is 20.4. The van der Waals surface area contributed by atoms with E-state index in [2.05, 4.69) is 15.3 Å². The summed E-state index contributed by atoms with van der Waals surface area (Å²) in [6.45, 7) is 5.74. The first kappa shape index (κ1) is 19.4. The molecule has 1 fully saturated rings. The van der Waals surface area contributed by atoms with Crippen LogP contribution >= 0.6 is 0 Å². The van der Waals surface area contributed by atoms with Crippen LogP contribution in [0.3, 0.4) is 0 Å². The van der Waals surface area contributed by atoms with Crippen LogP contribution in [0.15, 0.2) is 42.9 Å². The van der Waals surface area contributed by atoms with E-state index in [9.17, 15) is 4.79 Å². The van der Waals surface area contributed by atoms with Gasteiger partial charge in [0.25, 0.3) is 0 Å². The molecule has 152 valence electrons. The number of pyridine rings is 1. The number of carbonyl (C=O) groups is 1. The van der Waals surface area contributed by atoms with Crippen LogP contribution in [0.5, 0.6) is 0 Å². The molecule has 0 bridgehead atoms. The summed E-state index contributed by atoms with van der Waals surface area (Å²) in [6.07, 6.45) is 8.87. The quantitative estimate of drug-likeness (QED) is 0.672. The molecule has 1 N–H and O–H groups in total. The van der Waals surface area contributed by atoms with Crippen molar-refractivity contribution in [2.75, 3.05) is 5.32 Å². The summed E-state index contributed by atoms with van der Waals surface area (Å²) in [5, 5.41) is 8.26. The Hall–Kier alpha value is -2.96. The third-order valence-electron chi connectivity index (χ3n) is 5.16. The molecule has 0 amide bonds. The molecule has 4 rings (SSSR count). The van der Waals surface area contributed by atoms with Crippen LogP contribution in [0.25, 0.3) is 16.9 Å². The summed E-state index contributed by atoms with van der Waals surface area (Å²) in [4.78, 5) is 20.8. The van der Waals surface area contributed by atoms with E-state index < -0.39 is 5.60 Å². The number of hydrogen-bond acceptors (Lipinski definition) is 6. The van der Waals surface area contributed by atoms with Gasteiger partial charge in [-0.1, -0.05) is 0 Å². The van der Waals surface area contributed by atoms with Gasteiger partial charge in [-0.2, -0.15) is 0 Å². The number of esters is 1. The molecule has 1 saturated carbocycles. The van der Waals surface area contributed by atoms with E-state index in [1.165, 1.54) is 0 Å². The first-order valence-electron chi connectivity index (χ1n) is 10.1. The van der Waals surface area contributed by atoms with Crippen molar-refractivity contribution in [1.82, 2.24) is 19.6 Å². The summed E-state index contributed by atoms with van der Waals surface area (Å²) in [5.41, 5.74) is 2.33. The summed E-state index contributed by atoms with van der Waals surface area (Å²) < 4.78 is 7.39. The molecule has 0 aromatic carbocycles. The summed E-state index contributed by atoms with van der Waals surface area (Å²) in [7, 11) is 0. The highest BCUT2D eigenvalue weighted by Crippen LogP contribution is 2.29. The number of fused-ring (bicyclic) bond motifs is 1. The van der Waals surface area contributed by atoms with Crippen LogP contribution in [0.1, 0.15) is 46.5 Å². The Bertz CT molecular complexity index is 985. The van der Waals surface area contributed by atoms with Crippen LogP contribution in [-0.4, -0.2) is 37.2 Å². The lowest BCUT2D eigenvalue weighted by Gasteiger charge is -2.30. The lowest BCUT2D eigenvalue weighted by Crippen LogP contribution is -2.34. The molecule has 7 heteroatoms. The molecule has 0 saturated heterocycles. The van der Waals surface area contributed by atoms with Gasteiger partial charge in [-0.3, -0.25) is 9.78 Å². The van der Waals surface area contributed by atoms with Crippen molar-refractivity contribution in [3.8, 4) is 11.3 Å². The van der Waals surface area contributed by atoms with E-state index in [0.29, 0.717) is 6.04 Å². The van der Waals surface area contributed by atoms with Gasteiger partial charge in [-0.05, 0) is 70.7 Å². The van der Waals surface area contributed by atoms with E-state index in [1.54, 1.807) is 12.4 Å². The van der Waals surface area contributed by atoms with Crippen LogP contribution in [0.4, 0.5) is 5.82 Å². The van der Waals surface area contributed by atoms with E-state index in [-0.39, 0.29) is 11.9 Å². The van der Waals surface area contributed by atoms with Crippen molar-refractivity contribution >= 4 is 17.4 Å². The Morgan fingerprint density at radius 2 is 1.83 bits per heavy atom. The molecule has 7 nitrogen and oxygen atoms in total. The van der Waals surface area contributed by atoms with Gasteiger partial charge in [0.15, 0.2) is 5.65 Å². The number of ether oxygens (including phenoxy) is 1. The number of nitrogens with zero attached hydrogens (tertiary/aromatic N) is 4. The Morgan fingerprint density at radius 3 is 2.52 bits per heavy atom. The van der Waals surface area contributed by atoms with Crippen LogP contribution in [0, 0.1) is 5.92 Å². The highest BCUT2D eigenvalue weighted by molar-refractivity contribution is 5.73. The predicted octanol–water partition coefficient (Wildman–Crippen LogP) is 4.10. The van der Waals surface area contributed by atoms with Crippen molar-refractivity contribution in [3.05, 3.63) is 42.9 Å². The second kappa shape index (κ2) is 7.81. The second-order valence-corrected chi connectivity index (χ2v) is 8.59. The van der Waals surface area contributed by atoms with Gasteiger partial charge in [0.2, 0.25) is 0 Å². The van der Waals surface area contributed by atoms with Gasteiger partial charge in [-0.15, -0.1) is 5.10 Å². The van der Waals surface area contributed by atoms with E-state index in [1.807, 2.05) is 55.7 Å². The molecular formula is C22H27N5O2. The molecule has 1 aliphatic carbocycles. The van der Waals surface area contributed by atoms with Crippen molar-refractivity contribution in [3.63, 3.8) is 0 Å². The largest absolute Gasteiger partial charge is 0.460 e. The first-order chi connectivity index (χ1) is 13.9. The van der Waals surface area contributed by atoms with Gasteiger partial charge in [0.1, 0.15) is 11.4 Å². The number of hydrogen-bond donors (Lipinski definition) is 1. The Kier molecular flexibility index (Phi) is 5.22. The number of imidazole rings is 1. The molecule has 0 atom stereocenters. The maximum absolute atomic E-state index is 12.3. The van der Waals surface area contributed by atoms with Gasteiger partial charge in [0.05, 0.1) is 17.8 Å². The minimum absolute atomic E-state index is 0.00495. The maximum atomic E-state index is 12.3. The van der Waals surface area contributed by atoms with Crippen molar-refractivity contribution in [1.29, 1.82) is 0 Å². The molecule has 0 unspecified atom stereocenters. The van der Waals surface area contributed by atoms with Gasteiger partial charge in [-0.25, -0.2) is 9.50 Å². The Labute approximate surface area is 170 Å². The number of aromatic nitrogens is 4. The Balaban J connectivity index is 1.42. The predicted molar refractivity (Wildman–Crippen MR) is 111 cm³/mol. The zero-order valence-electron chi connectivity index (χ0n) is 17.1. The molecule has 0 spiro atoms. The SMILES string of the molecule is CC(C)(C)OC(=O)[C@H]1CC[C@H](Nc2ccc3ncc(-c4ccncc4)n3n2)CC1. The van der Waals surface area contributed by atoms with E-state index >= 15 is 0 Å². The molecule has 3 aromatic rings. The van der Waals surface area contributed by atoms with Gasteiger partial charge >= 0.3 is 5.97 Å². The highest BCUT2D eigenvalue weighted by Gasteiger charge is 2.30. The number of rotatable bonds is 4. The summed E-state index contributed by atoms with van der Waals surface area (Å²) in [6, 6.07) is 8.11. The molecule has 1 aliphatic rings. The summed E-state index contributed by atoms with van der Waals surface area (Å²) in [5.74, 6) is 0.733. The second-order valence-electron chi connectivity index (χ2n) is 8.59. The average molecular weight is 393 g/mol. The Morgan fingerprint density at radius 1 is 1.10 bits per heavy atom.